The normalized spacial score (nSPS) is 11.5. The van der Waals surface area contributed by atoms with Crippen LogP contribution in [0.4, 0.5) is 0 Å². The highest BCUT2D eigenvalue weighted by Gasteiger charge is 2.10. The van der Waals surface area contributed by atoms with Crippen LogP contribution in [0.25, 0.3) is 0 Å². The van der Waals surface area contributed by atoms with Gasteiger partial charge >= 0.3 is 0 Å². The molecule has 5 nitrogen and oxygen atoms in total. The van der Waals surface area contributed by atoms with Gasteiger partial charge in [-0.3, -0.25) is 0 Å². The van der Waals surface area contributed by atoms with E-state index >= 15 is 0 Å². The molecule has 0 aromatic heterocycles. The van der Waals surface area contributed by atoms with Gasteiger partial charge in [0.1, 0.15) is 5.75 Å². The van der Waals surface area contributed by atoms with E-state index in [9.17, 15) is 8.42 Å². The summed E-state index contributed by atoms with van der Waals surface area (Å²) < 4.78 is 29.6. The van der Waals surface area contributed by atoms with Crippen LogP contribution >= 0.6 is 0 Å². The van der Waals surface area contributed by atoms with E-state index in [1.54, 1.807) is 18.2 Å². The first-order chi connectivity index (χ1) is 11.6. The first kappa shape index (κ1) is 18.0. The molecule has 6 heteroatoms. The Morgan fingerprint density at radius 3 is 2.42 bits per heavy atom. The van der Waals surface area contributed by atoms with Gasteiger partial charge in [-0.25, -0.2) is 4.83 Å². The summed E-state index contributed by atoms with van der Waals surface area (Å²) in [6.07, 6.45) is 4.83. The third-order valence-electron chi connectivity index (χ3n) is 3.34. The number of ether oxygens (including phenoxy) is 1. The van der Waals surface area contributed by atoms with Gasteiger partial charge in [-0.15, -0.1) is 0 Å². The average molecular weight is 346 g/mol. The van der Waals surface area contributed by atoms with Crippen LogP contribution in [0.3, 0.4) is 0 Å². The second-order valence-corrected chi connectivity index (χ2v) is 6.95. The zero-order valence-corrected chi connectivity index (χ0v) is 14.5. The molecule has 0 atom stereocenters. The maximum Gasteiger partial charge on any atom is 0.276 e. The standard InChI is InChI=1S/C18H22N2O3S/c1-2-3-7-14-23-17-12-10-16(11-13-17)15-19-20-24(21,22)18-8-5-4-6-9-18/h4-6,8-13,15,20H,2-3,7,14H2,1H3. The van der Waals surface area contributed by atoms with E-state index in [2.05, 4.69) is 16.9 Å². The van der Waals surface area contributed by atoms with Crippen molar-refractivity contribution < 1.29 is 13.2 Å². The zero-order valence-electron chi connectivity index (χ0n) is 13.7. The number of hydrogen-bond acceptors (Lipinski definition) is 4. The van der Waals surface area contributed by atoms with E-state index in [-0.39, 0.29) is 4.90 Å². The van der Waals surface area contributed by atoms with Crippen LogP contribution in [0, 0.1) is 0 Å². The molecule has 0 radical (unpaired) electrons. The Morgan fingerprint density at radius 1 is 1.04 bits per heavy atom. The number of rotatable bonds is 9. The molecule has 0 saturated carbocycles. The van der Waals surface area contributed by atoms with E-state index in [0.29, 0.717) is 6.61 Å². The Bertz CT molecular complexity index is 742. The Labute approximate surface area is 143 Å². The van der Waals surface area contributed by atoms with Crippen LogP contribution in [0.1, 0.15) is 31.7 Å². The topological polar surface area (TPSA) is 67.8 Å². The second-order valence-electron chi connectivity index (χ2n) is 5.29. The Kier molecular flexibility index (Phi) is 6.81. The fourth-order valence-electron chi connectivity index (χ4n) is 2.01. The molecular weight excluding hydrogens is 324 g/mol. The molecule has 24 heavy (non-hydrogen) atoms. The lowest BCUT2D eigenvalue weighted by molar-refractivity contribution is 0.306. The highest BCUT2D eigenvalue weighted by molar-refractivity contribution is 7.89. The maximum atomic E-state index is 12.0. The van der Waals surface area contributed by atoms with Crippen LogP contribution in [-0.2, 0) is 10.0 Å². The van der Waals surface area contributed by atoms with Crippen molar-refractivity contribution in [3.05, 3.63) is 60.2 Å². The van der Waals surface area contributed by atoms with Gasteiger partial charge in [0.15, 0.2) is 0 Å². The van der Waals surface area contributed by atoms with Crippen molar-refractivity contribution in [2.75, 3.05) is 6.61 Å². The number of sulfonamides is 1. The quantitative estimate of drug-likeness (QED) is 0.429. The number of hydrogen-bond donors (Lipinski definition) is 1. The number of nitrogens with one attached hydrogen (secondary N) is 1. The number of benzene rings is 2. The molecule has 0 amide bonds. The van der Waals surface area contributed by atoms with Crippen molar-refractivity contribution in [1.29, 1.82) is 0 Å². The molecule has 0 fully saturated rings. The smallest absolute Gasteiger partial charge is 0.276 e. The number of unbranched alkanes of at least 4 members (excludes halogenated alkanes) is 2. The van der Waals surface area contributed by atoms with Gasteiger partial charge in [0.25, 0.3) is 10.0 Å². The monoisotopic (exact) mass is 346 g/mol. The summed E-state index contributed by atoms with van der Waals surface area (Å²) in [6.45, 7) is 2.86. The molecule has 128 valence electrons. The van der Waals surface area contributed by atoms with E-state index in [4.69, 9.17) is 4.74 Å². The fraction of sp³-hybridized carbons (Fsp3) is 0.278. The lowest BCUT2D eigenvalue weighted by Crippen LogP contribution is -2.18. The minimum atomic E-state index is -3.63. The van der Waals surface area contributed by atoms with Crippen molar-refractivity contribution in [1.82, 2.24) is 4.83 Å². The van der Waals surface area contributed by atoms with Gasteiger partial charge in [-0.2, -0.15) is 13.5 Å². The third-order valence-corrected chi connectivity index (χ3v) is 4.58. The summed E-state index contributed by atoms with van der Waals surface area (Å²) in [5.41, 5.74) is 0.784. The van der Waals surface area contributed by atoms with Gasteiger partial charge in [0.2, 0.25) is 0 Å². The first-order valence-corrected chi connectivity index (χ1v) is 9.43. The van der Waals surface area contributed by atoms with Crippen LogP contribution in [0.5, 0.6) is 5.75 Å². The van der Waals surface area contributed by atoms with Crippen LogP contribution in [-0.4, -0.2) is 21.2 Å². The van der Waals surface area contributed by atoms with E-state index in [1.165, 1.54) is 18.3 Å². The molecule has 0 bridgehead atoms. The molecule has 1 N–H and O–H groups in total. The summed E-state index contributed by atoms with van der Waals surface area (Å²) >= 11 is 0. The second kappa shape index (κ2) is 9.08. The molecule has 2 rings (SSSR count). The molecule has 2 aromatic rings. The minimum Gasteiger partial charge on any atom is -0.494 e. The van der Waals surface area contributed by atoms with Crippen molar-refractivity contribution in [2.24, 2.45) is 5.10 Å². The average Bonchev–Trinajstić information content (AvgIpc) is 2.61. The maximum absolute atomic E-state index is 12.0. The largest absolute Gasteiger partial charge is 0.494 e. The summed E-state index contributed by atoms with van der Waals surface area (Å²) in [5.74, 6) is 0.799. The summed E-state index contributed by atoms with van der Waals surface area (Å²) in [4.78, 5) is 2.38. The van der Waals surface area contributed by atoms with Gasteiger partial charge in [0.05, 0.1) is 17.7 Å². The predicted octanol–water partition coefficient (Wildman–Crippen LogP) is 3.57. The molecule has 0 heterocycles. The lowest BCUT2D eigenvalue weighted by Gasteiger charge is -2.05. The Balaban J connectivity index is 1.88. The minimum absolute atomic E-state index is 0.179. The van der Waals surface area contributed by atoms with E-state index in [0.717, 1.165) is 30.6 Å². The molecule has 0 aliphatic carbocycles. The molecule has 2 aromatic carbocycles. The third kappa shape index (κ3) is 5.70. The SMILES string of the molecule is CCCCCOc1ccc(C=NNS(=O)(=O)c2ccccc2)cc1. The van der Waals surface area contributed by atoms with Gasteiger partial charge in [-0.1, -0.05) is 38.0 Å². The van der Waals surface area contributed by atoms with E-state index in [1.807, 2.05) is 24.3 Å². The predicted molar refractivity (Wildman–Crippen MR) is 95.8 cm³/mol. The van der Waals surface area contributed by atoms with Crippen molar-refractivity contribution >= 4 is 16.2 Å². The number of hydrazone groups is 1. The van der Waals surface area contributed by atoms with Crippen molar-refractivity contribution in [3.8, 4) is 5.75 Å². The summed E-state index contributed by atoms with van der Waals surface area (Å²) in [7, 11) is -3.63. The molecular formula is C18H22N2O3S. The molecule has 0 aliphatic rings. The van der Waals surface area contributed by atoms with Crippen LogP contribution < -0.4 is 9.57 Å². The molecule has 0 spiro atoms. The lowest BCUT2D eigenvalue weighted by atomic mass is 10.2. The fourth-order valence-corrected chi connectivity index (χ4v) is 2.83. The Hall–Kier alpha value is -2.34. The summed E-state index contributed by atoms with van der Waals surface area (Å²) in [5, 5.41) is 3.80. The highest BCUT2D eigenvalue weighted by Crippen LogP contribution is 2.12. The molecule has 0 aliphatic heterocycles. The highest BCUT2D eigenvalue weighted by atomic mass is 32.2. The van der Waals surface area contributed by atoms with Crippen LogP contribution in [0.15, 0.2) is 64.6 Å². The zero-order chi connectivity index (χ0) is 17.3. The van der Waals surface area contributed by atoms with Gasteiger partial charge < -0.3 is 4.74 Å². The summed E-state index contributed by atoms with van der Waals surface area (Å²) in [6, 6.07) is 15.5. The number of nitrogens with zero attached hydrogens (tertiary/aromatic N) is 1. The van der Waals surface area contributed by atoms with Gasteiger partial charge in [0, 0.05) is 0 Å². The van der Waals surface area contributed by atoms with Crippen molar-refractivity contribution in [2.45, 2.75) is 31.1 Å². The molecule has 0 unspecified atom stereocenters. The van der Waals surface area contributed by atoms with E-state index < -0.39 is 10.0 Å². The first-order valence-electron chi connectivity index (χ1n) is 7.94. The molecule has 0 saturated heterocycles. The van der Waals surface area contributed by atoms with Gasteiger partial charge in [-0.05, 0) is 48.4 Å². The van der Waals surface area contributed by atoms with Crippen molar-refractivity contribution in [3.63, 3.8) is 0 Å². The Morgan fingerprint density at radius 2 is 1.75 bits per heavy atom. The van der Waals surface area contributed by atoms with Crippen LogP contribution in [0.2, 0.25) is 0 Å².